The number of carbonyl (C=O) groups is 1. The highest BCUT2D eigenvalue weighted by atomic mass is 16.5. The largest absolute Gasteiger partial charge is 0.492 e. The molecule has 1 aromatic carbocycles. The Labute approximate surface area is 106 Å². The van der Waals surface area contributed by atoms with Crippen LogP contribution >= 0.6 is 0 Å². The van der Waals surface area contributed by atoms with Crippen molar-refractivity contribution in [1.82, 2.24) is 4.90 Å². The van der Waals surface area contributed by atoms with Crippen LogP contribution in [0.2, 0.25) is 0 Å². The van der Waals surface area contributed by atoms with E-state index in [1.54, 1.807) is 0 Å². The number of hydrogen-bond donors (Lipinski definition) is 1. The minimum absolute atomic E-state index is 0.178. The van der Waals surface area contributed by atoms with Crippen LogP contribution in [0.15, 0.2) is 24.3 Å². The van der Waals surface area contributed by atoms with Crippen LogP contribution in [0.5, 0.6) is 5.75 Å². The van der Waals surface area contributed by atoms with E-state index in [2.05, 4.69) is 11.0 Å². The van der Waals surface area contributed by atoms with Gasteiger partial charge in [0, 0.05) is 24.7 Å². The number of ether oxygens (including phenoxy) is 1. The predicted octanol–water partition coefficient (Wildman–Crippen LogP) is 1.74. The number of rotatable bonds is 2. The van der Waals surface area contributed by atoms with Crippen LogP contribution in [-0.4, -0.2) is 35.2 Å². The Morgan fingerprint density at radius 3 is 2.89 bits per heavy atom. The maximum atomic E-state index is 11.1. The third-order valence-corrected chi connectivity index (χ3v) is 4.01. The molecule has 0 radical (unpaired) electrons. The SMILES string of the molecule is O=C(O)C1CCC1N1CCOc2ccccc2C1. The van der Waals surface area contributed by atoms with Crippen molar-refractivity contribution in [2.75, 3.05) is 13.2 Å². The summed E-state index contributed by atoms with van der Waals surface area (Å²) in [5, 5.41) is 9.14. The van der Waals surface area contributed by atoms with Crippen LogP contribution in [-0.2, 0) is 11.3 Å². The second-order valence-corrected chi connectivity index (χ2v) is 5.02. The van der Waals surface area contributed by atoms with Crippen LogP contribution in [0.1, 0.15) is 18.4 Å². The topological polar surface area (TPSA) is 49.8 Å². The average Bonchev–Trinajstić information content (AvgIpc) is 2.48. The first kappa shape index (κ1) is 11.5. The minimum Gasteiger partial charge on any atom is -0.492 e. The summed E-state index contributed by atoms with van der Waals surface area (Å²) >= 11 is 0. The van der Waals surface area contributed by atoms with Crippen molar-refractivity contribution in [3.8, 4) is 5.75 Å². The summed E-state index contributed by atoms with van der Waals surface area (Å²) < 4.78 is 5.70. The number of fused-ring (bicyclic) bond motifs is 1. The van der Waals surface area contributed by atoms with Gasteiger partial charge in [0.25, 0.3) is 0 Å². The molecule has 0 bridgehead atoms. The van der Waals surface area contributed by atoms with Gasteiger partial charge in [-0.3, -0.25) is 9.69 Å². The Bertz CT molecular complexity index is 460. The van der Waals surface area contributed by atoms with Crippen LogP contribution in [0.4, 0.5) is 0 Å². The van der Waals surface area contributed by atoms with Crippen molar-refractivity contribution in [2.24, 2.45) is 5.92 Å². The highest BCUT2D eigenvalue weighted by Crippen LogP contribution is 2.35. The van der Waals surface area contributed by atoms with E-state index in [0.717, 1.165) is 37.2 Å². The average molecular weight is 247 g/mol. The normalized spacial score (nSPS) is 27.6. The summed E-state index contributed by atoms with van der Waals surface area (Å²) in [5.74, 6) is 0.0751. The third-order valence-electron chi connectivity index (χ3n) is 4.01. The Morgan fingerprint density at radius 1 is 1.33 bits per heavy atom. The van der Waals surface area contributed by atoms with Crippen LogP contribution in [0, 0.1) is 5.92 Å². The number of hydrogen-bond acceptors (Lipinski definition) is 3. The van der Waals surface area contributed by atoms with Gasteiger partial charge in [0.2, 0.25) is 0 Å². The van der Waals surface area contributed by atoms with Gasteiger partial charge in [0.05, 0.1) is 5.92 Å². The van der Waals surface area contributed by atoms with Gasteiger partial charge in [-0.1, -0.05) is 18.2 Å². The van der Waals surface area contributed by atoms with Gasteiger partial charge >= 0.3 is 5.97 Å². The molecule has 1 N–H and O–H groups in total. The molecular formula is C14H17NO3. The van der Waals surface area contributed by atoms with Crippen LogP contribution < -0.4 is 4.74 Å². The Kier molecular flexibility index (Phi) is 2.96. The molecule has 4 nitrogen and oxygen atoms in total. The number of para-hydroxylation sites is 1. The first-order valence-electron chi connectivity index (χ1n) is 6.43. The van der Waals surface area contributed by atoms with Gasteiger partial charge in [-0.15, -0.1) is 0 Å². The molecule has 18 heavy (non-hydrogen) atoms. The van der Waals surface area contributed by atoms with E-state index in [1.807, 2.05) is 18.2 Å². The molecule has 0 amide bonds. The maximum absolute atomic E-state index is 11.1. The van der Waals surface area contributed by atoms with Crippen molar-refractivity contribution in [1.29, 1.82) is 0 Å². The summed E-state index contributed by atoms with van der Waals surface area (Å²) in [6, 6.07) is 8.19. The fourth-order valence-electron chi connectivity index (χ4n) is 2.84. The lowest BCUT2D eigenvalue weighted by Crippen LogP contribution is -2.50. The first-order valence-corrected chi connectivity index (χ1v) is 6.43. The summed E-state index contributed by atoms with van der Waals surface area (Å²) in [5.41, 5.74) is 1.16. The summed E-state index contributed by atoms with van der Waals surface area (Å²) in [6.45, 7) is 2.24. The molecule has 4 heteroatoms. The van der Waals surface area contributed by atoms with E-state index in [1.165, 1.54) is 0 Å². The minimum atomic E-state index is -0.662. The van der Waals surface area contributed by atoms with Gasteiger partial charge in [-0.05, 0) is 18.9 Å². The summed E-state index contributed by atoms with van der Waals surface area (Å²) in [6.07, 6.45) is 1.79. The molecule has 0 saturated heterocycles. The van der Waals surface area contributed by atoms with E-state index in [0.29, 0.717) is 6.61 Å². The van der Waals surface area contributed by atoms with Crippen molar-refractivity contribution < 1.29 is 14.6 Å². The number of carboxylic acids is 1. The zero-order valence-electron chi connectivity index (χ0n) is 10.2. The lowest BCUT2D eigenvalue weighted by molar-refractivity contribution is -0.149. The van der Waals surface area contributed by atoms with E-state index in [-0.39, 0.29) is 12.0 Å². The standard InChI is InChI=1S/C14H17NO3/c16-14(17)11-5-6-12(11)15-7-8-18-13-4-2-1-3-10(13)9-15/h1-4,11-12H,5-9H2,(H,16,17). The van der Waals surface area contributed by atoms with Gasteiger partial charge in [0.15, 0.2) is 0 Å². The molecule has 2 unspecified atom stereocenters. The molecule has 96 valence electrons. The molecule has 3 rings (SSSR count). The summed E-state index contributed by atoms with van der Waals surface area (Å²) in [4.78, 5) is 13.4. The molecular weight excluding hydrogens is 230 g/mol. The predicted molar refractivity (Wildman–Crippen MR) is 66.5 cm³/mol. The van der Waals surface area contributed by atoms with Gasteiger partial charge in [0.1, 0.15) is 12.4 Å². The number of nitrogens with zero attached hydrogens (tertiary/aromatic N) is 1. The zero-order chi connectivity index (χ0) is 12.5. The molecule has 0 aromatic heterocycles. The van der Waals surface area contributed by atoms with Crippen molar-refractivity contribution in [2.45, 2.75) is 25.4 Å². The first-order chi connectivity index (χ1) is 8.75. The van der Waals surface area contributed by atoms with Crippen molar-refractivity contribution in [3.63, 3.8) is 0 Å². The van der Waals surface area contributed by atoms with Crippen molar-refractivity contribution >= 4 is 5.97 Å². The van der Waals surface area contributed by atoms with E-state index in [9.17, 15) is 4.79 Å². The maximum Gasteiger partial charge on any atom is 0.308 e. The fourth-order valence-corrected chi connectivity index (χ4v) is 2.84. The lowest BCUT2D eigenvalue weighted by atomic mass is 9.78. The highest BCUT2D eigenvalue weighted by molar-refractivity contribution is 5.72. The van der Waals surface area contributed by atoms with E-state index < -0.39 is 5.97 Å². The number of aliphatic carboxylic acids is 1. The van der Waals surface area contributed by atoms with Gasteiger partial charge < -0.3 is 9.84 Å². The molecule has 1 aromatic rings. The van der Waals surface area contributed by atoms with Gasteiger partial charge in [-0.25, -0.2) is 0 Å². The van der Waals surface area contributed by atoms with E-state index >= 15 is 0 Å². The van der Waals surface area contributed by atoms with E-state index in [4.69, 9.17) is 9.84 Å². The van der Waals surface area contributed by atoms with Gasteiger partial charge in [-0.2, -0.15) is 0 Å². The Morgan fingerprint density at radius 2 is 2.17 bits per heavy atom. The number of benzene rings is 1. The molecule has 1 saturated carbocycles. The van der Waals surface area contributed by atoms with Crippen LogP contribution in [0.3, 0.4) is 0 Å². The third kappa shape index (κ3) is 1.97. The van der Waals surface area contributed by atoms with Crippen molar-refractivity contribution in [3.05, 3.63) is 29.8 Å². The summed E-state index contributed by atoms with van der Waals surface area (Å²) in [7, 11) is 0. The van der Waals surface area contributed by atoms with Crippen LogP contribution in [0.25, 0.3) is 0 Å². The molecule has 1 fully saturated rings. The number of carboxylic acid groups (broad SMARTS) is 1. The molecule has 0 spiro atoms. The molecule has 2 aliphatic rings. The second-order valence-electron chi connectivity index (χ2n) is 5.02. The zero-order valence-corrected chi connectivity index (χ0v) is 10.2. The second kappa shape index (κ2) is 4.61. The Hall–Kier alpha value is -1.55. The molecule has 2 atom stereocenters. The fraction of sp³-hybridized carbons (Fsp3) is 0.500. The molecule has 1 aliphatic carbocycles. The monoisotopic (exact) mass is 247 g/mol. The Balaban J connectivity index is 1.77. The lowest BCUT2D eigenvalue weighted by Gasteiger charge is -2.41. The highest BCUT2D eigenvalue weighted by Gasteiger charge is 2.40. The smallest absolute Gasteiger partial charge is 0.308 e. The quantitative estimate of drug-likeness (QED) is 0.865. The molecule has 1 aliphatic heterocycles. The molecule has 1 heterocycles.